The number of aliphatic carboxylic acids is 1. The molecule has 1 N–H and O–H groups in total. The quantitative estimate of drug-likeness (QED) is 0.705. The summed E-state index contributed by atoms with van der Waals surface area (Å²) in [5.41, 5.74) is 5.35. The predicted molar refractivity (Wildman–Crippen MR) is 107 cm³/mol. The van der Waals surface area contributed by atoms with Gasteiger partial charge < -0.3 is 24.1 Å². The molecule has 3 rings (SSSR count). The van der Waals surface area contributed by atoms with Gasteiger partial charge in [-0.3, -0.25) is 10.2 Å². The summed E-state index contributed by atoms with van der Waals surface area (Å²) in [6, 6.07) is 12.2. The van der Waals surface area contributed by atoms with E-state index in [1.165, 1.54) is 5.01 Å². The summed E-state index contributed by atoms with van der Waals surface area (Å²) < 4.78 is 16.0. The second-order valence-electron chi connectivity index (χ2n) is 6.61. The molecular weight excluding hydrogens is 388 g/mol. The van der Waals surface area contributed by atoms with Gasteiger partial charge >= 0.3 is 0 Å². The van der Waals surface area contributed by atoms with E-state index in [1.54, 1.807) is 39.5 Å². The summed E-state index contributed by atoms with van der Waals surface area (Å²) in [5, 5.41) is 12.2. The third kappa shape index (κ3) is 4.48. The normalized spacial score (nSPS) is 15.2. The maximum absolute atomic E-state index is 12.8. The Morgan fingerprint density at radius 3 is 2.23 bits per heavy atom. The lowest BCUT2D eigenvalue weighted by molar-refractivity contribution is -0.305. The van der Waals surface area contributed by atoms with Crippen molar-refractivity contribution in [1.29, 1.82) is 0 Å². The summed E-state index contributed by atoms with van der Waals surface area (Å²) >= 11 is 0. The van der Waals surface area contributed by atoms with Crippen molar-refractivity contribution in [1.82, 2.24) is 10.4 Å². The minimum atomic E-state index is -1.28. The molecule has 0 saturated heterocycles. The highest BCUT2D eigenvalue weighted by Gasteiger charge is 2.32. The molecule has 30 heavy (non-hydrogen) atoms. The van der Waals surface area contributed by atoms with Crippen molar-refractivity contribution in [2.75, 3.05) is 21.3 Å². The molecule has 0 saturated carbocycles. The number of carbonyl (C=O) groups is 2. The molecule has 1 amide bonds. The molecule has 158 valence electrons. The average Bonchev–Trinajstić information content (AvgIpc) is 3.22. The highest BCUT2D eigenvalue weighted by molar-refractivity contribution is 5.83. The van der Waals surface area contributed by atoms with Gasteiger partial charge in [0.2, 0.25) is 5.91 Å². The minimum Gasteiger partial charge on any atom is -0.550 e. The van der Waals surface area contributed by atoms with Crippen LogP contribution in [0.15, 0.2) is 48.5 Å². The molecule has 1 aliphatic rings. The van der Waals surface area contributed by atoms with E-state index in [0.29, 0.717) is 28.5 Å². The highest BCUT2D eigenvalue weighted by atomic mass is 16.5. The van der Waals surface area contributed by atoms with Crippen LogP contribution in [-0.4, -0.2) is 38.2 Å². The van der Waals surface area contributed by atoms with Crippen LogP contribution in [0.5, 0.6) is 17.2 Å². The summed E-state index contributed by atoms with van der Waals surface area (Å²) in [4.78, 5) is 23.6. The number of hydrazine groups is 1. The van der Waals surface area contributed by atoms with Crippen LogP contribution in [-0.2, 0) is 9.59 Å². The van der Waals surface area contributed by atoms with Gasteiger partial charge in [0.05, 0.1) is 27.0 Å². The summed E-state index contributed by atoms with van der Waals surface area (Å²) in [5.74, 6) is 0.243. The first-order valence-electron chi connectivity index (χ1n) is 9.33. The fourth-order valence-electron chi connectivity index (χ4n) is 3.25. The number of ether oxygens (including phenoxy) is 3. The number of carboxylic acid groups (broad SMARTS) is 1. The predicted octanol–water partition coefficient (Wildman–Crippen LogP) is 1.67. The fourth-order valence-corrected chi connectivity index (χ4v) is 3.25. The van der Waals surface area contributed by atoms with Crippen molar-refractivity contribution in [3.63, 3.8) is 0 Å². The molecule has 1 atom stereocenters. The Morgan fingerprint density at radius 2 is 1.63 bits per heavy atom. The Morgan fingerprint density at radius 1 is 0.967 bits per heavy atom. The van der Waals surface area contributed by atoms with Crippen molar-refractivity contribution in [3.05, 3.63) is 59.7 Å². The molecule has 0 unspecified atom stereocenters. The highest BCUT2D eigenvalue weighted by Crippen LogP contribution is 2.38. The molecule has 0 aliphatic carbocycles. The van der Waals surface area contributed by atoms with Gasteiger partial charge in [0.1, 0.15) is 23.3 Å². The number of benzene rings is 2. The van der Waals surface area contributed by atoms with Gasteiger partial charge in [-0.25, -0.2) is 5.01 Å². The topological polar surface area (TPSA) is 100 Å². The van der Waals surface area contributed by atoms with E-state index in [4.69, 9.17) is 14.2 Å². The second kappa shape index (κ2) is 9.21. The number of rotatable bonds is 8. The first kappa shape index (κ1) is 21.0. The van der Waals surface area contributed by atoms with E-state index >= 15 is 0 Å². The van der Waals surface area contributed by atoms with Crippen LogP contribution < -0.4 is 24.7 Å². The number of methoxy groups -OCH3 is 3. The van der Waals surface area contributed by atoms with E-state index in [1.807, 2.05) is 30.3 Å². The Kier molecular flexibility index (Phi) is 6.46. The smallest absolute Gasteiger partial charge is 0.242 e. The molecule has 1 aliphatic heterocycles. The molecule has 2 aromatic rings. The molecule has 0 aromatic heterocycles. The SMILES string of the molecule is COc1ccc(C2=C[C@@H](c3cc(OC)ccc3OC)N(C(=O)CCC(=O)[O-])N2)cc1. The summed E-state index contributed by atoms with van der Waals surface area (Å²) in [6.07, 6.45) is 1.33. The van der Waals surface area contributed by atoms with Gasteiger partial charge in [-0.2, -0.15) is 0 Å². The van der Waals surface area contributed by atoms with E-state index in [9.17, 15) is 14.7 Å². The van der Waals surface area contributed by atoms with E-state index < -0.39 is 12.0 Å². The first-order chi connectivity index (χ1) is 14.5. The number of nitrogens with one attached hydrogen (secondary N) is 1. The van der Waals surface area contributed by atoms with Gasteiger partial charge in [0, 0.05) is 18.0 Å². The van der Waals surface area contributed by atoms with Gasteiger partial charge in [0.15, 0.2) is 0 Å². The van der Waals surface area contributed by atoms with Crippen LogP contribution in [0.4, 0.5) is 0 Å². The Hall–Kier alpha value is -3.68. The maximum atomic E-state index is 12.8. The standard InChI is InChI=1S/C22H24N2O6/c1-28-15-6-4-14(5-7-15)18-13-19(24(23-18)21(25)10-11-22(26)27)17-12-16(29-2)8-9-20(17)30-3/h4-9,12-13,19,23H,10-11H2,1-3H3,(H,26,27)/p-1/t19-/m0/s1. The molecule has 0 fully saturated rings. The second-order valence-corrected chi connectivity index (χ2v) is 6.61. The molecule has 2 aromatic carbocycles. The third-order valence-electron chi connectivity index (χ3n) is 4.81. The van der Waals surface area contributed by atoms with Gasteiger partial charge in [-0.05, 0) is 60.5 Å². The van der Waals surface area contributed by atoms with Crippen LogP contribution in [0.1, 0.15) is 30.0 Å². The molecule has 0 radical (unpaired) electrons. The molecule has 1 heterocycles. The molecule has 8 heteroatoms. The maximum Gasteiger partial charge on any atom is 0.242 e. The lowest BCUT2D eigenvalue weighted by atomic mass is 10.0. The van der Waals surface area contributed by atoms with Crippen molar-refractivity contribution in [2.24, 2.45) is 0 Å². The van der Waals surface area contributed by atoms with E-state index in [0.717, 1.165) is 5.56 Å². The number of carboxylic acids is 1. The summed E-state index contributed by atoms with van der Waals surface area (Å²) in [7, 11) is 4.69. The van der Waals surface area contributed by atoms with Gasteiger partial charge in [-0.15, -0.1) is 0 Å². The number of hydrogen-bond donors (Lipinski definition) is 1. The van der Waals surface area contributed by atoms with Gasteiger partial charge in [-0.1, -0.05) is 0 Å². The van der Waals surface area contributed by atoms with Gasteiger partial charge in [0.25, 0.3) is 0 Å². The molecule has 0 bridgehead atoms. The Bertz CT molecular complexity index is 955. The van der Waals surface area contributed by atoms with Crippen molar-refractivity contribution in [3.8, 4) is 17.2 Å². The zero-order valence-electron chi connectivity index (χ0n) is 17.0. The number of carbonyl (C=O) groups excluding carboxylic acids is 2. The van der Waals surface area contributed by atoms with Crippen molar-refractivity contribution < 1.29 is 28.9 Å². The van der Waals surface area contributed by atoms with Crippen LogP contribution in [0, 0.1) is 0 Å². The molecule has 8 nitrogen and oxygen atoms in total. The first-order valence-corrected chi connectivity index (χ1v) is 9.33. The largest absolute Gasteiger partial charge is 0.550 e. The van der Waals surface area contributed by atoms with Crippen LogP contribution >= 0.6 is 0 Å². The molecule has 0 spiro atoms. The van der Waals surface area contributed by atoms with Crippen LogP contribution in [0.25, 0.3) is 5.70 Å². The van der Waals surface area contributed by atoms with Crippen LogP contribution in [0.3, 0.4) is 0 Å². The lowest BCUT2D eigenvalue weighted by Gasteiger charge is -2.27. The van der Waals surface area contributed by atoms with Crippen molar-refractivity contribution >= 4 is 17.6 Å². The Labute approximate surface area is 174 Å². The fraction of sp³-hybridized carbons (Fsp3) is 0.273. The summed E-state index contributed by atoms with van der Waals surface area (Å²) in [6.45, 7) is 0. The third-order valence-corrected chi connectivity index (χ3v) is 4.81. The zero-order chi connectivity index (χ0) is 21.7. The lowest BCUT2D eigenvalue weighted by Crippen LogP contribution is -2.40. The minimum absolute atomic E-state index is 0.193. The van der Waals surface area contributed by atoms with E-state index in [2.05, 4.69) is 5.43 Å². The van der Waals surface area contributed by atoms with Crippen molar-refractivity contribution in [2.45, 2.75) is 18.9 Å². The van der Waals surface area contributed by atoms with E-state index in [-0.39, 0.29) is 18.7 Å². The number of amides is 1. The Balaban J connectivity index is 2.00. The van der Waals surface area contributed by atoms with Crippen LogP contribution in [0.2, 0.25) is 0 Å². The number of hydrogen-bond acceptors (Lipinski definition) is 7. The number of nitrogens with zero attached hydrogens (tertiary/aromatic N) is 1. The zero-order valence-corrected chi connectivity index (χ0v) is 17.0. The monoisotopic (exact) mass is 411 g/mol. The average molecular weight is 411 g/mol. The molecular formula is C22H23N2O6-.